The number of nitrogens with two attached hydrogens (primary N) is 1. The quantitative estimate of drug-likeness (QED) is 0.399. The molecule has 4 aromatic rings. The van der Waals surface area contributed by atoms with Gasteiger partial charge in [0.1, 0.15) is 30.0 Å². The maximum Gasteiger partial charge on any atom is 0.337 e. The Balaban J connectivity index is 1.51. The molecule has 0 aliphatic rings. The Labute approximate surface area is 194 Å². The zero-order chi connectivity index (χ0) is 24.1. The first-order valence-electron chi connectivity index (χ1n) is 10.3. The molecular weight excluding hydrogens is 438 g/mol. The van der Waals surface area contributed by atoms with Crippen LogP contribution in [0.25, 0.3) is 22.1 Å². The molecule has 0 saturated heterocycles. The topological polar surface area (TPSA) is 118 Å². The Hall–Kier alpha value is -4.59. The molecule has 2 N–H and O–H groups in total. The maximum atomic E-state index is 13.0. The Morgan fingerprint density at radius 1 is 0.941 bits per heavy atom. The molecule has 1 amide bonds. The molecule has 0 saturated carbocycles. The summed E-state index contributed by atoms with van der Waals surface area (Å²) in [6, 6.07) is 18.6. The van der Waals surface area contributed by atoms with Crippen molar-refractivity contribution in [2.75, 3.05) is 13.7 Å². The summed E-state index contributed by atoms with van der Waals surface area (Å²) in [6.45, 7) is 0.00140. The number of amides is 1. The fraction of sp³-hybridized carbons (Fsp3) is 0.115. The first-order chi connectivity index (χ1) is 16.4. The minimum Gasteiger partial charge on any atom is -0.489 e. The first-order valence-corrected chi connectivity index (χ1v) is 10.3. The van der Waals surface area contributed by atoms with Crippen molar-refractivity contribution in [2.45, 2.75) is 6.61 Å². The minimum absolute atomic E-state index is 0.190. The van der Waals surface area contributed by atoms with Crippen molar-refractivity contribution in [3.63, 3.8) is 0 Å². The van der Waals surface area contributed by atoms with Gasteiger partial charge in [-0.15, -0.1) is 0 Å². The zero-order valence-electron chi connectivity index (χ0n) is 18.3. The fourth-order valence-electron chi connectivity index (χ4n) is 3.36. The fourth-order valence-corrected chi connectivity index (χ4v) is 3.36. The van der Waals surface area contributed by atoms with Gasteiger partial charge in [-0.2, -0.15) is 0 Å². The second-order valence-electron chi connectivity index (χ2n) is 7.40. The van der Waals surface area contributed by atoms with Gasteiger partial charge in [-0.25, -0.2) is 4.79 Å². The van der Waals surface area contributed by atoms with Crippen LogP contribution in [0.2, 0.25) is 0 Å². The number of hydrogen-bond donors (Lipinski definition) is 1. The summed E-state index contributed by atoms with van der Waals surface area (Å²) in [4.78, 5) is 35.5. The van der Waals surface area contributed by atoms with Gasteiger partial charge in [-0.05, 0) is 47.5 Å². The van der Waals surface area contributed by atoms with E-state index >= 15 is 0 Å². The highest BCUT2D eigenvalue weighted by molar-refractivity contribution is 5.89. The standard InChI is InChI=1S/C26H21NO7/c1-31-26(30)18-4-2-3-16(11-18)13-32-20-9-10-21-23(12-20)34-14-22(25(21)29)17-5-7-19(8-6-17)33-15-24(27)28/h2-12,14H,13,15H2,1H3,(H2,27,28). The zero-order valence-corrected chi connectivity index (χ0v) is 18.3. The van der Waals surface area contributed by atoms with E-state index in [1.807, 2.05) is 6.07 Å². The van der Waals surface area contributed by atoms with Gasteiger partial charge in [0.05, 0.1) is 23.6 Å². The van der Waals surface area contributed by atoms with Gasteiger partial charge in [0.15, 0.2) is 12.0 Å². The van der Waals surface area contributed by atoms with Crippen molar-refractivity contribution < 1.29 is 28.2 Å². The number of ether oxygens (including phenoxy) is 3. The van der Waals surface area contributed by atoms with Crippen LogP contribution >= 0.6 is 0 Å². The molecule has 0 radical (unpaired) electrons. The molecule has 0 spiro atoms. The minimum atomic E-state index is -0.572. The second-order valence-corrected chi connectivity index (χ2v) is 7.40. The molecule has 4 rings (SSSR count). The van der Waals surface area contributed by atoms with Gasteiger partial charge in [0.2, 0.25) is 0 Å². The van der Waals surface area contributed by atoms with E-state index in [1.165, 1.54) is 13.4 Å². The summed E-state index contributed by atoms with van der Waals surface area (Å²) in [6.07, 6.45) is 1.40. The number of carbonyl (C=O) groups is 2. The number of rotatable bonds is 8. The third-order valence-corrected chi connectivity index (χ3v) is 5.05. The van der Waals surface area contributed by atoms with Crippen molar-refractivity contribution in [3.8, 4) is 22.6 Å². The third kappa shape index (κ3) is 5.07. The number of fused-ring (bicyclic) bond motifs is 1. The molecule has 1 heterocycles. The van der Waals surface area contributed by atoms with Crippen LogP contribution < -0.4 is 20.6 Å². The van der Waals surface area contributed by atoms with E-state index in [9.17, 15) is 14.4 Å². The SMILES string of the molecule is COC(=O)c1cccc(COc2ccc3c(=O)c(-c4ccc(OCC(N)=O)cc4)coc3c2)c1. The lowest BCUT2D eigenvalue weighted by Crippen LogP contribution is -2.19. The second kappa shape index (κ2) is 9.91. The lowest BCUT2D eigenvalue weighted by Gasteiger charge is -2.09. The normalized spacial score (nSPS) is 10.6. The Morgan fingerprint density at radius 3 is 2.44 bits per heavy atom. The van der Waals surface area contributed by atoms with Gasteiger partial charge in [0, 0.05) is 6.07 Å². The van der Waals surface area contributed by atoms with Crippen LogP contribution in [-0.2, 0) is 16.1 Å². The van der Waals surface area contributed by atoms with Crippen LogP contribution in [0.15, 0.2) is 82.2 Å². The predicted molar refractivity (Wildman–Crippen MR) is 125 cm³/mol. The van der Waals surface area contributed by atoms with Crippen molar-refractivity contribution in [3.05, 3.63) is 94.3 Å². The largest absolute Gasteiger partial charge is 0.489 e. The van der Waals surface area contributed by atoms with Crippen LogP contribution in [0.3, 0.4) is 0 Å². The van der Waals surface area contributed by atoms with Crippen LogP contribution in [0.1, 0.15) is 15.9 Å². The van der Waals surface area contributed by atoms with Gasteiger partial charge in [0.25, 0.3) is 5.91 Å². The summed E-state index contributed by atoms with van der Waals surface area (Å²) < 4.78 is 21.5. The molecule has 3 aromatic carbocycles. The highest BCUT2D eigenvalue weighted by Gasteiger charge is 2.11. The first kappa shape index (κ1) is 22.6. The summed E-state index contributed by atoms with van der Waals surface area (Å²) >= 11 is 0. The van der Waals surface area contributed by atoms with E-state index in [1.54, 1.807) is 60.7 Å². The average molecular weight is 459 g/mol. The predicted octanol–water partition coefficient (Wildman–Crippen LogP) is 3.69. The van der Waals surface area contributed by atoms with Crippen molar-refractivity contribution >= 4 is 22.8 Å². The number of carbonyl (C=O) groups excluding carboxylic acids is 2. The Kier molecular flexibility index (Phi) is 6.59. The molecule has 0 atom stereocenters. The molecule has 34 heavy (non-hydrogen) atoms. The summed E-state index contributed by atoms with van der Waals surface area (Å²) in [5, 5.41) is 0.409. The van der Waals surface area contributed by atoms with E-state index in [0.717, 1.165) is 5.56 Å². The van der Waals surface area contributed by atoms with Crippen LogP contribution in [0, 0.1) is 0 Å². The van der Waals surface area contributed by atoms with Gasteiger partial charge < -0.3 is 24.4 Å². The number of benzene rings is 3. The molecule has 1 aromatic heterocycles. The number of primary amides is 1. The van der Waals surface area contributed by atoms with E-state index in [4.69, 9.17) is 24.4 Å². The molecule has 172 valence electrons. The Morgan fingerprint density at radius 2 is 1.71 bits per heavy atom. The highest BCUT2D eigenvalue weighted by atomic mass is 16.5. The van der Waals surface area contributed by atoms with Crippen molar-refractivity contribution in [2.24, 2.45) is 5.73 Å². The van der Waals surface area contributed by atoms with Crippen LogP contribution in [0.4, 0.5) is 0 Å². The molecule has 0 aliphatic carbocycles. The van der Waals surface area contributed by atoms with Gasteiger partial charge in [-0.1, -0.05) is 24.3 Å². The Bertz CT molecular complexity index is 1410. The highest BCUT2D eigenvalue weighted by Crippen LogP contribution is 2.25. The van der Waals surface area contributed by atoms with Crippen molar-refractivity contribution in [1.29, 1.82) is 0 Å². The van der Waals surface area contributed by atoms with E-state index in [0.29, 0.717) is 39.2 Å². The average Bonchev–Trinajstić information content (AvgIpc) is 2.86. The van der Waals surface area contributed by atoms with Gasteiger partial charge in [-0.3, -0.25) is 9.59 Å². The molecule has 8 heteroatoms. The maximum absolute atomic E-state index is 13.0. The number of hydrogen-bond acceptors (Lipinski definition) is 7. The van der Waals surface area contributed by atoms with Crippen molar-refractivity contribution in [1.82, 2.24) is 0 Å². The van der Waals surface area contributed by atoms with Crippen LogP contribution in [-0.4, -0.2) is 25.6 Å². The lowest BCUT2D eigenvalue weighted by atomic mass is 10.1. The molecule has 8 nitrogen and oxygen atoms in total. The number of methoxy groups -OCH3 is 1. The third-order valence-electron chi connectivity index (χ3n) is 5.05. The van der Waals surface area contributed by atoms with E-state index in [-0.39, 0.29) is 18.6 Å². The van der Waals surface area contributed by atoms with Crippen LogP contribution in [0.5, 0.6) is 11.5 Å². The van der Waals surface area contributed by atoms with E-state index in [2.05, 4.69) is 0 Å². The number of esters is 1. The molecule has 0 aliphatic heterocycles. The summed E-state index contributed by atoms with van der Waals surface area (Å²) in [5.74, 6) is -0.00950. The monoisotopic (exact) mass is 459 g/mol. The molecule has 0 fully saturated rings. The van der Waals surface area contributed by atoms with E-state index < -0.39 is 11.9 Å². The van der Waals surface area contributed by atoms with Gasteiger partial charge >= 0.3 is 5.97 Å². The summed E-state index contributed by atoms with van der Waals surface area (Å²) in [7, 11) is 1.33. The molecule has 0 unspecified atom stereocenters. The molecule has 0 bridgehead atoms. The molecular formula is C26H21NO7. The smallest absolute Gasteiger partial charge is 0.337 e. The summed E-state index contributed by atoms with van der Waals surface area (Å²) in [5.41, 5.74) is 7.54. The lowest BCUT2D eigenvalue weighted by molar-refractivity contribution is -0.119.